The Morgan fingerprint density at radius 2 is 2.00 bits per heavy atom. The van der Waals surface area contributed by atoms with Gasteiger partial charge < -0.3 is 4.74 Å². The van der Waals surface area contributed by atoms with Crippen molar-refractivity contribution in [3.05, 3.63) is 0 Å². The Bertz CT molecular complexity index is 254. The van der Waals surface area contributed by atoms with Crippen molar-refractivity contribution in [2.24, 2.45) is 11.3 Å². The standard InChI is InChI=1S/C9H12O3/c1-9(2)5-3-4-6(7(9)10)12-8(5)11/h5-6H,3-4H2,1-2H3/t5-,6-/m1/s1. The molecule has 2 bridgehead atoms. The lowest BCUT2D eigenvalue weighted by Crippen LogP contribution is -2.55. The predicted octanol–water partition coefficient (Wildman–Crippen LogP) is 0.917. The molecule has 0 aromatic carbocycles. The number of fused-ring (bicyclic) bond motifs is 3. The lowest BCUT2D eigenvalue weighted by Gasteiger charge is -2.44. The normalized spacial score (nSPS) is 38.2. The molecule has 2 heterocycles. The highest BCUT2D eigenvalue weighted by Crippen LogP contribution is 2.44. The fourth-order valence-electron chi connectivity index (χ4n) is 2.14. The Hall–Kier alpha value is -0.860. The first-order valence-electron chi connectivity index (χ1n) is 4.28. The third-order valence-electron chi connectivity index (χ3n) is 3.06. The summed E-state index contributed by atoms with van der Waals surface area (Å²) in [5.41, 5.74) is -0.488. The van der Waals surface area contributed by atoms with Gasteiger partial charge in [0.25, 0.3) is 0 Å². The van der Waals surface area contributed by atoms with Crippen LogP contribution in [0.5, 0.6) is 0 Å². The van der Waals surface area contributed by atoms with Gasteiger partial charge in [-0.05, 0) is 12.8 Å². The van der Waals surface area contributed by atoms with Crippen molar-refractivity contribution >= 4 is 11.8 Å². The first-order chi connectivity index (χ1) is 5.53. The van der Waals surface area contributed by atoms with E-state index in [-0.39, 0.29) is 17.7 Å². The van der Waals surface area contributed by atoms with Crippen molar-refractivity contribution in [3.63, 3.8) is 0 Å². The fourth-order valence-corrected chi connectivity index (χ4v) is 2.14. The number of esters is 1. The van der Waals surface area contributed by atoms with E-state index in [0.717, 1.165) is 12.8 Å². The van der Waals surface area contributed by atoms with Gasteiger partial charge in [0.15, 0.2) is 11.9 Å². The first kappa shape index (κ1) is 7.77. The van der Waals surface area contributed by atoms with Crippen LogP contribution < -0.4 is 0 Å². The van der Waals surface area contributed by atoms with Gasteiger partial charge in [-0.1, -0.05) is 13.8 Å². The number of hydrogen-bond donors (Lipinski definition) is 0. The van der Waals surface area contributed by atoms with E-state index in [4.69, 9.17) is 4.74 Å². The average Bonchev–Trinajstić information content (AvgIpc) is 1.99. The highest BCUT2D eigenvalue weighted by molar-refractivity contribution is 5.98. The molecule has 0 radical (unpaired) electrons. The van der Waals surface area contributed by atoms with Gasteiger partial charge >= 0.3 is 5.97 Å². The molecule has 2 aliphatic heterocycles. The number of ketones is 1. The van der Waals surface area contributed by atoms with Gasteiger partial charge in [-0.3, -0.25) is 9.59 Å². The molecule has 0 spiro atoms. The van der Waals surface area contributed by atoms with Crippen molar-refractivity contribution in [2.45, 2.75) is 32.8 Å². The van der Waals surface area contributed by atoms with Crippen LogP contribution in [0.2, 0.25) is 0 Å². The quantitative estimate of drug-likeness (QED) is 0.505. The van der Waals surface area contributed by atoms with E-state index in [9.17, 15) is 9.59 Å². The van der Waals surface area contributed by atoms with Crippen molar-refractivity contribution in [1.29, 1.82) is 0 Å². The molecule has 1 aliphatic carbocycles. The highest BCUT2D eigenvalue weighted by Gasteiger charge is 2.54. The molecule has 12 heavy (non-hydrogen) atoms. The van der Waals surface area contributed by atoms with Crippen molar-refractivity contribution < 1.29 is 14.3 Å². The second-order valence-electron chi connectivity index (χ2n) is 4.14. The third kappa shape index (κ3) is 0.765. The second-order valence-corrected chi connectivity index (χ2v) is 4.14. The third-order valence-corrected chi connectivity index (χ3v) is 3.06. The molecule has 3 nitrogen and oxygen atoms in total. The maximum Gasteiger partial charge on any atom is 0.310 e. The van der Waals surface area contributed by atoms with Gasteiger partial charge in [-0.25, -0.2) is 0 Å². The zero-order valence-electron chi connectivity index (χ0n) is 7.29. The summed E-state index contributed by atoms with van der Waals surface area (Å²) in [6, 6.07) is 0. The molecule has 3 rings (SSSR count). The topological polar surface area (TPSA) is 43.4 Å². The molecule has 2 atom stereocenters. The smallest absolute Gasteiger partial charge is 0.310 e. The number of carbonyl (C=O) groups excluding carboxylic acids is 2. The number of ether oxygens (including phenoxy) is 1. The Kier molecular flexibility index (Phi) is 1.35. The van der Waals surface area contributed by atoms with E-state index in [1.165, 1.54) is 0 Å². The molecule has 0 aromatic rings. The maximum atomic E-state index is 11.6. The summed E-state index contributed by atoms with van der Waals surface area (Å²) in [5.74, 6) is -0.288. The largest absolute Gasteiger partial charge is 0.454 e. The second kappa shape index (κ2) is 2.09. The number of hydrogen-bond acceptors (Lipinski definition) is 3. The molecule has 2 saturated heterocycles. The summed E-state index contributed by atoms with van der Waals surface area (Å²) in [6.07, 6.45) is 1.08. The molecule has 3 aliphatic rings. The molecule has 0 amide bonds. The van der Waals surface area contributed by atoms with Crippen LogP contribution in [-0.2, 0) is 14.3 Å². The van der Waals surface area contributed by atoms with Gasteiger partial charge in [0.1, 0.15) is 0 Å². The van der Waals surface area contributed by atoms with Crippen molar-refractivity contribution in [3.8, 4) is 0 Å². The zero-order chi connectivity index (χ0) is 8.93. The van der Waals surface area contributed by atoms with E-state index < -0.39 is 11.5 Å². The number of carbonyl (C=O) groups is 2. The van der Waals surface area contributed by atoms with Crippen molar-refractivity contribution in [1.82, 2.24) is 0 Å². The molecule has 1 saturated carbocycles. The Morgan fingerprint density at radius 3 is 2.42 bits per heavy atom. The van der Waals surface area contributed by atoms with Crippen LogP contribution >= 0.6 is 0 Å². The molecule has 0 aromatic heterocycles. The van der Waals surface area contributed by atoms with Crippen LogP contribution in [0, 0.1) is 11.3 Å². The first-order valence-corrected chi connectivity index (χ1v) is 4.28. The number of Topliss-reactive ketones (excluding diaryl/α,β-unsaturated/α-hetero) is 1. The Labute approximate surface area is 71.1 Å². The molecule has 0 unspecified atom stereocenters. The van der Waals surface area contributed by atoms with Crippen LogP contribution in [-0.4, -0.2) is 17.9 Å². The summed E-state index contributed by atoms with van der Waals surface area (Å²) in [6.45, 7) is 3.68. The SMILES string of the molecule is CC1(C)C(=O)[C@H]2CC[C@@H]1C(=O)O2. The van der Waals surface area contributed by atoms with Gasteiger partial charge in [-0.2, -0.15) is 0 Å². The molecule has 3 fully saturated rings. The zero-order valence-corrected chi connectivity index (χ0v) is 7.29. The summed E-state index contributed by atoms with van der Waals surface area (Å²) in [4.78, 5) is 22.8. The van der Waals surface area contributed by atoms with Crippen LogP contribution in [0.25, 0.3) is 0 Å². The van der Waals surface area contributed by atoms with Crippen LogP contribution in [0.15, 0.2) is 0 Å². The van der Waals surface area contributed by atoms with Gasteiger partial charge in [-0.15, -0.1) is 0 Å². The molecule has 0 N–H and O–H groups in total. The van der Waals surface area contributed by atoms with E-state index in [1.807, 2.05) is 13.8 Å². The minimum atomic E-state index is -0.488. The fraction of sp³-hybridized carbons (Fsp3) is 0.778. The van der Waals surface area contributed by atoms with Crippen LogP contribution in [0.1, 0.15) is 26.7 Å². The molecular formula is C9H12O3. The van der Waals surface area contributed by atoms with E-state index in [1.54, 1.807) is 0 Å². The molecule has 3 heteroatoms. The van der Waals surface area contributed by atoms with Crippen molar-refractivity contribution in [2.75, 3.05) is 0 Å². The van der Waals surface area contributed by atoms with Crippen LogP contribution in [0.3, 0.4) is 0 Å². The van der Waals surface area contributed by atoms with E-state index >= 15 is 0 Å². The van der Waals surface area contributed by atoms with Gasteiger partial charge in [0, 0.05) is 5.41 Å². The highest BCUT2D eigenvalue weighted by atomic mass is 16.6. The average molecular weight is 168 g/mol. The van der Waals surface area contributed by atoms with Crippen LogP contribution in [0.4, 0.5) is 0 Å². The monoisotopic (exact) mass is 168 g/mol. The number of rotatable bonds is 0. The predicted molar refractivity (Wildman–Crippen MR) is 41.4 cm³/mol. The summed E-state index contributed by atoms with van der Waals surface area (Å²) < 4.78 is 4.94. The summed E-state index contributed by atoms with van der Waals surface area (Å²) in [7, 11) is 0. The Balaban J connectivity index is 2.39. The molecular weight excluding hydrogens is 156 g/mol. The summed E-state index contributed by atoms with van der Waals surface area (Å²) >= 11 is 0. The lowest BCUT2D eigenvalue weighted by molar-refractivity contribution is -0.187. The Morgan fingerprint density at radius 1 is 1.33 bits per heavy atom. The minimum Gasteiger partial charge on any atom is -0.454 e. The van der Waals surface area contributed by atoms with E-state index in [2.05, 4.69) is 0 Å². The van der Waals surface area contributed by atoms with Gasteiger partial charge in [0.05, 0.1) is 5.92 Å². The summed E-state index contributed by atoms with van der Waals surface area (Å²) in [5, 5.41) is 0. The van der Waals surface area contributed by atoms with Gasteiger partial charge in [0.2, 0.25) is 0 Å². The minimum absolute atomic E-state index is 0.0957. The molecule has 66 valence electrons. The van der Waals surface area contributed by atoms with E-state index in [0.29, 0.717) is 0 Å². The lowest BCUT2D eigenvalue weighted by atomic mass is 9.65. The maximum absolute atomic E-state index is 11.6.